The summed E-state index contributed by atoms with van der Waals surface area (Å²) in [5, 5.41) is 12.0. The number of carbonyl (C=O) groups is 1. The van der Waals surface area contributed by atoms with Crippen LogP contribution in [0.3, 0.4) is 0 Å². The van der Waals surface area contributed by atoms with E-state index in [9.17, 15) is 27.5 Å². The van der Waals surface area contributed by atoms with Gasteiger partial charge in [0.2, 0.25) is 5.60 Å². The maximum Gasteiger partial charge on any atom is 0.423 e. The van der Waals surface area contributed by atoms with Crippen LogP contribution in [0, 0.1) is 5.82 Å². The first-order chi connectivity index (χ1) is 10.8. The Morgan fingerprint density at radius 1 is 1.00 bits per heavy atom. The van der Waals surface area contributed by atoms with Gasteiger partial charge in [-0.15, -0.1) is 0 Å². The number of carbonyl (C=O) groups excluding carboxylic acids is 1. The molecular weight excluding hydrogens is 314 g/mol. The smallest absolute Gasteiger partial charge is 0.375 e. The second kappa shape index (κ2) is 6.37. The molecular formula is C16H13F4NO2. The van der Waals surface area contributed by atoms with Crippen LogP contribution in [0.15, 0.2) is 54.6 Å². The molecule has 7 heteroatoms. The highest BCUT2D eigenvalue weighted by molar-refractivity contribution is 5.94. The molecule has 2 rings (SSSR count). The van der Waals surface area contributed by atoms with E-state index in [2.05, 4.69) is 0 Å². The van der Waals surface area contributed by atoms with Crippen molar-refractivity contribution in [3.63, 3.8) is 0 Å². The third-order valence-electron chi connectivity index (χ3n) is 3.34. The Labute approximate surface area is 129 Å². The van der Waals surface area contributed by atoms with Gasteiger partial charge in [-0.2, -0.15) is 13.2 Å². The summed E-state index contributed by atoms with van der Waals surface area (Å²) in [6.45, 7) is -1.13. The predicted molar refractivity (Wildman–Crippen MR) is 75.1 cm³/mol. The lowest BCUT2D eigenvalue weighted by Crippen LogP contribution is -2.51. The zero-order valence-corrected chi connectivity index (χ0v) is 11.8. The molecule has 0 aliphatic carbocycles. The standard InChI is InChI=1S/C16H13F4NO2/c17-13-9-5-4-8-12(13)14(22)21-10-15(23,16(18,19)20)11-6-2-1-3-7-11/h1-9,23H,10H2,(H,21,22). The first kappa shape index (κ1) is 17.0. The van der Waals surface area contributed by atoms with Gasteiger partial charge in [-0.3, -0.25) is 4.79 Å². The lowest BCUT2D eigenvalue weighted by Gasteiger charge is -2.31. The lowest BCUT2D eigenvalue weighted by atomic mass is 9.93. The number of alkyl halides is 3. The van der Waals surface area contributed by atoms with Gasteiger partial charge in [-0.25, -0.2) is 4.39 Å². The van der Waals surface area contributed by atoms with E-state index >= 15 is 0 Å². The predicted octanol–water partition coefficient (Wildman–Crippen LogP) is 3.01. The Hall–Kier alpha value is -2.41. The Morgan fingerprint density at radius 3 is 2.13 bits per heavy atom. The fourth-order valence-electron chi connectivity index (χ4n) is 2.03. The summed E-state index contributed by atoms with van der Waals surface area (Å²) in [6, 6.07) is 11.3. The number of benzene rings is 2. The molecule has 0 aliphatic heterocycles. The fraction of sp³-hybridized carbons (Fsp3) is 0.188. The highest BCUT2D eigenvalue weighted by Crippen LogP contribution is 2.38. The van der Waals surface area contributed by atoms with Crippen molar-refractivity contribution in [1.82, 2.24) is 5.32 Å². The van der Waals surface area contributed by atoms with Crippen molar-refractivity contribution in [2.45, 2.75) is 11.8 Å². The molecule has 0 aliphatic rings. The maximum absolute atomic E-state index is 13.5. The Balaban J connectivity index is 2.24. The molecule has 0 fully saturated rings. The molecule has 0 radical (unpaired) electrons. The molecule has 122 valence electrons. The Morgan fingerprint density at radius 2 is 1.57 bits per heavy atom. The van der Waals surface area contributed by atoms with Crippen molar-refractivity contribution in [2.75, 3.05) is 6.54 Å². The van der Waals surface area contributed by atoms with Crippen molar-refractivity contribution >= 4 is 5.91 Å². The molecule has 1 amide bonds. The molecule has 1 unspecified atom stereocenters. The zero-order valence-electron chi connectivity index (χ0n) is 11.8. The first-order valence-corrected chi connectivity index (χ1v) is 6.63. The van der Waals surface area contributed by atoms with Gasteiger partial charge in [0.1, 0.15) is 5.82 Å². The van der Waals surface area contributed by atoms with E-state index in [1.54, 1.807) is 0 Å². The molecule has 23 heavy (non-hydrogen) atoms. The molecule has 0 saturated carbocycles. The third-order valence-corrected chi connectivity index (χ3v) is 3.34. The van der Waals surface area contributed by atoms with E-state index in [1.807, 2.05) is 5.32 Å². The monoisotopic (exact) mass is 327 g/mol. The van der Waals surface area contributed by atoms with Crippen molar-refractivity contribution < 1.29 is 27.5 Å². The van der Waals surface area contributed by atoms with Crippen LogP contribution in [0.5, 0.6) is 0 Å². The summed E-state index contributed by atoms with van der Waals surface area (Å²) in [7, 11) is 0. The molecule has 2 aromatic rings. The molecule has 2 N–H and O–H groups in total. The van der Waals surface area contributed by atoms with E-state index in [0.29, 0.717) is 0 Å². The minimum atomic E-state index is -5.02. The van der Waals surface area contributed by atoms with Gasteiger partial charge < -0.3 is 10.4 Å². The van der Waals surface area contributed by atoms with Crippen molar-refractivity contribution in [3.05, 3.63) is 71.5 Å². The summed E-state index contributed by atoms with van der Waals surface area (Å²) < 4.78 is 53.2. The molecule has 1 atom stereocenters. The third kappa shape index (κ3) is 3.50. The number of aliphatic hydroxyl groups is 1. The number of nitrogens with one attached hydrogen (secondary N) is 1. The SMILES string of the molecule is O=C(NCC(O)(c1ccccc1)C(F)(F)F)c1ccccc1F. The van der Waals surface area contributed by atoms with E-state index < -0.39 is 41.2 Å². The number of halogens is 4. The van der Waals surface area contributed by atoms with E-state index in [4.69, 9.17) is 0 Å². The second-order valence-corrected chi connectivity index (χ2v) is 4.89. The van der Waals surface area contributed by atoms with Crippen LogP contribution >= 0.6 is 0 Å². The quantitative estimate of drug-likeness (QED) is 0.848. The van der Waals surface area contributed by atoms with E-state index in [0.717, 1.165) is 24.3 Å². The zero-order chi connectivity index (χ0) is 17.1. The summed E-state index contributed by atoms with van der Waals surface area (Å²) in [6.07, 6.45) is -5.02. The number of hydrogen-bond donors (Lipinski definition) is 2. The summed E-state index contributed by atoms with van der Waals surface area (Å²) in [5.41, 5.74) is -4.08. The highest BCUT2D eigenvalue weighted by Gasteiger charge is 2.55. The molecule has 0 aromatic heterocycles. The van der Waals surface area contributed by atoms with E-state index in [1.165, 1.54) is 30.3 Å². The van der Waals surface area contributed by atoms with Gasteiger partial charge in [0.25, 0.3) is 5.91 Å². The molecule has 2 aromatic carbocycles. The van der Waals surface area contributed by atoms with Gasteiger partial charge in [0.15, 0.2) is 0 Å². The second-order valence-electron chi connectivity index (χ2n) is 4.89. The Bertz CT molecular complexity index is 688. The fourth-order valence-corrected chi connectivity index (χ4v) is 2.03. The minimum absolute atomic E-state index is 0.398. The van der Waals surface area contributed by atoms with Gasteiger partial charge in [-0.05, 0) is 17.7 Å². The van der Waals surface area contributed by atoms with Crippen molar-refractivity contribution in [2.24, 2.45) is 0 Å². The average Bonchev–Trinajstić information content (AvgIpc) is 2.52. The molecule has 3 nitrogen and oxygen atoms in total. The maximum atomic E-state index is 13.5. The summed E-state index contributed by atoms with van der Waals surface area (Å²) in [4.78, 5) is 11.8. The minimum Gasteiger partial charge on any atom is -0.375 e. The van der Waals surface area contributed by atoms with Crippen LogP contribution < -0.4 is 5.32 Å². The van der Waals surface area contributed by atoms with Crippen molar-refractivity contribution in [3.8, 4) is 0 Å². The van der Waals surface area contributed by atoms with Crippen LogP contribution in [0.25, 0.3) is 0 Å². The van der Waals surface area contributed by atoms with Gasteiger partial charge in [-0.1, -0.05) is 42.5 Å². The van der Waals surface area contributed by atoms with Gasteiger partial charge in [0.05, 0.1) is 12.1 Å². The summed E-state index contributed by atoms with van der Waals surface area (Å²) >= 11 is 0. The van der Waals surface area contributed by atoms with Crippen LogP contribution in [-0.4, -0.2) is 23.7 Å². The average molecular weight is 327 g/mol. The first-order valence-electron chi connectivity index (χ1n) is 6.63. The van der Waals surface area contributed by atoms with E-state index in [-0.39, 0.29) is 0 Å². The molecule has 0 heterocycles. The van der Waals surface area contributed by atoms with Crippen LogP contribution in [0.2, 0.25) is 0 Å². The highest BCUT2D eigenvalue weighted by atomic mass is 19.4. The van der Waals surface area contributed by atoms with Crippen LogP contribution in [0.1, 0.15) is 15.9 Å². The number of hydrogen-bond acceptors (Lipinski definition) is 2. The topological polar surface area (TPSA) is 49.3 Å². The van der Waals surface area contributed by atoms with Crippen LogP contribution in [-0.2, 0) is 5.60 Å². The largest absolute Gasteiger partial charge is 0.423 e. The number of rotatable bonds is 4. The normalized spacial score (nSPS) is 14.1. The van der Waals surface area contributed by atoms with Crippen molar-refractivity contribution in [1.29, 1.82) is 0 Å². The number of amides is 1. The Kier molecular flexibility index (Phi) is 4.70. The summed E-state index contributed by atoms with van der Waals surface area (Å²) in [5.74, 6) is -1.90. The van der Waals surface area contributed by atoms with Gasteiger partial charge in [0, 0.05) is 0 Å². The molecule has 0 bridgehead atoms. The van der Waals surface area contributed by atoms with Gasteiger partial charge >= 0.3 is 6.18 Å². The molecule has 0 spiro atoms. The molecule has 0 saturated heterocycles. The lowest BCUT2D eigenvalue weighted by molar-refractivity contribution is -0.263. The van der Waals surface area contributed by atoms with Crippen LogP contribution in [0.4, 0.5) is 17.6 Å².